The van der Waals surface area contributed by atoms with Gasteiger partial charge in [-0.05, 0) is 30.5 Å². The normalized spacial score (nSPS) is 11.1. The van der Waals surface area contributed by atoms with Crippen LogP contribution in [0.2, 0.25) is 0 Å². The van der Waals surface area contributed by atoms with Crippen LogP contribution in [0.4, 0.5) is 0 Å². The second-order valence-electron chi connectivity index (χ2n) is 4.20. The summed E-state index contributed by atoms with van der Waals surface area (Å²) in [6, 6.07) is 10.7. The van der Waals surface area contributed by atoms with Crippen molar-refractivity contribution < 1.29 is 0 Å². The van der Waals surface area contributed by atoms with E-state index in [4.69, 9.17) is 0 Å². The first kappa shape index (κ1) is 13.3. The molecule has 0 aliphatic heterocycles. The highest BCUT2D eigenvalue weighted by Gasteiger charge is 2.30. The summed E-state index contributed by atoms with van der Waals surface area (Å²) in [7, 11) is 0. The van der Waals surface area contributed by atoms with Gasteiger partial charge in [-0.25, -0.2) is 0 Å². The number of hydrogen-bond acceptors (Lipinski definition) is 1. The Bertz CT molecular complexity index is 373. The van der Waals surface area contributed by atoms with Gasteiger partial charge in [0.1, 0.15) is 0 Å². The predicted molar refractivity (Wildman–Crippen MR) is 71.2 cm³/mol. The molecule has 0 atom stereocenters. The molecule has 0 unspecified atom stereocenters. The van der Waals surface area contributed by atoms with Crippen LogP contribution in [0.3, 0.4) is 0 Å². The summed E-state index contributed by atoms with van der Waals surface area (Å²) in [6.45, 7) is 4.28. The van der Waals surface area contributed by atoms with Gasteiger partial charge in [-0.3, -0.25) is 0 Å². The third-order valence-electron chi connectivity index (χ3n) is 2.94. The largest absolute Gasteiger partial charge is 0.197 e. The fourth-order valence-corrected chi connectivity index (χ4v) is 2.63. The molecule has 0 aliphatic rings. The van der Waals surface area contributed by atoms with Crippen molar-refractivity contribution in [2.45, 2.75) is 44.9 Å². The molecule has 0 saturated heterocycles. The van der Waals surface area contributed by atoms with Crippen LogP contribution in [0.25, 0.3) is 0 Å². The van der Waals surface area contributed by atoms with E-state index < -0.39 is 0 Å². The van der Waals surface area contributed by atoms with E-state index in [1.54, 1.807) is 0 Å². The molecule has 0 saturated carbocycles. The molecular formula is C14H18BrN. The summed E-state index contributed by atoms with van der Waals surface area (Å²) in [5.41, 5.74) is 0.848. The molecule has 0 bridgehead atoms. The Morgan fingerprint density at radius 3 is 2.31 bits per heavy atom. The van der Waals surface area contributed by atoms with E-state index in [1.807, 2.05) is 12.1 Å². The van der Waals surface area contributed by atoms with Crippen molar-refractivity contribution in [2.24, 2.45) is 0 Å². The third-order valence-corrected chi connectivity index (χ3v) is 3.44. The van der Waals surface area contributed by atoms with Crippen molar-refractivity contribution >= 4 is 15.9 Å². The van der Waals surface area contributed by atoms with Crippen LogP contribution in [0.15, 0.2) is 28.7 Å². The van der Waals surface area contributed by atoms with Gasteiger partial charge >= 0.3 is 0 Å². The van der Waals surface area contributed by atoms with E-state index in [0.717, 1.165) is 35.7 Å². The summed E-state index contributed by atoms with van der Waals surface area (Å²) in [6.07, 6.45) is 3.96. The molecule has 1 aromatic rings. The van der Waals surface area contributed by atoms with Gasteiger partial charge in [-0.15, -0.1) is 0 Å². The van der Waals surface area contributed by atoms with Crippen molar-refractivity contribution in [3.63, 3.8) is 0 Å². The van der Waals surface area contributed by atoms with Crippen molar-refractivity contribution in [1.29, 1.82) is 5.26 Å². The van der Waals surface area contributed by atoms with Crippen molar-refractivity contribution in [1.82, 2.24) is 0 Å². The number of halogens is 1. The van der Waals surface area contributed by atoms with Crippen LogP contribution in [0, 0.1) is 11.3 Å². The minimum absolute atomic E-state index is 0.298. The van der Waals surface area contributed by atoms with Crippen LogP contribution in [-0.4, -0.2) is 0 Å². The van der Waals surface area contributed by atoms with Gasteiger partial charge < -0.3 is 0 Å². The molecule has 0 amide bonds. The third kappa shape index (κ3) is 2.86. The lowest BCUT2D eigenvalue weighted by molar-refractivity contribution is 0.453. The number of rotatable bonds is 5. The minimum Gasteiger partial charge on any atom is -0.197 e. The molecule has 0 N–H and O–H groups in total. The van der Waals surface area contributed by atoms with Crippen LogP contribution in [-0.2, 0) is 5.41 Å². The van der Waals surface area contributed by atoms with Crippen molar-refractivity contribution in [2.75, 3.05) is 0 Å². The second-order valence-corrected chi connectivity index (χ2v) is 5.12. The van der Waals surface area contributed by atoms with Gasteiger partial charge in [0.25, 0.3) is 0 Å². The number of benzene rings is 1. The molecule has 2 heteroatoms. The molecule has 1 rings (SSSR count). The summed E-state index contributed by atoms with van der Waals surface area (Å²) in [5, 5.41) is 9.52. The Morgan fingerprint density at radius 1 is 1.25 bits per heavy atom. The van der Waals surface area contributed by atoms with Crippen molar-refractivity contribution in [3.05, 3.63) is 34.3 Å². The van der Waals surface area contributed by atoms with Crippen LogP contribution in [0.1, 0.15) is 45.1 Å². The average Bonchev–Trinajstić information content (AvgIpc) is 2.28. The van der Waals surface area contributed by atoms with Gasteiger partial charge in [0.05, 0.1) is 11.5 Å². The van der Waals surface area contributed by atoms with Gasteiger partial charge in [0, 0.05) is 4.47 Å². The van der Waals surface area contributed by atoms with Crippen LogP contribution < -0.4 is 0 Å². The second kappa shape index (κ2) is 6.06. The lowest BCUT2D eigenvalue weighted by Gasteiger charge is -2.26. The van der Waals surface area contributed by atoms with Gasteiger partial charge in [0.2, 0.25) is 0 Å². The van der Waals surface area contributed by atoms with E-state index in [-0.39, 0.29) is 5.41 Å². The zero-order chi connectivity index (χ0) is 12.0. The molecular weight excluding hydrogens is 262 g/mol. The van der Waals surface area contributed by atoms with Gasteiger partial charge in [0.15, 0.2) is 0 Å². The zero-order valence-corrected chi connectivity index (χ0v) is 11.5. The Labute approximate surface area is 107 Å². The van der Waals surface area contributed by atoms with E-state index >= 15 is 0 Å². The number of nitriles is 1. The minimum atomic E-state index is -0.298. The van der Waals surface area contributed by atoms with Crippen molar-refractivity contribution in [3.8, 4) is 6.07 Å². The molecule has 1 aromatic carbocycles. The number of nitrogens with zero attached hydrogens (tertiary/aromatic N) is 1. The highest BCUT2D eigenvalue weighted by atomic mass is 79.9. The maximum Gasteiger partial charge on any atom is 0.0822 e. The topological polar surface area (TPSA) is 23.8 Å². The molecule has 86 valence electrons. The Hall–Kier alpha value is -0.810. The van der Waals surface area contributed by atoms with E-state index in [0.29, 0.717) is 0 Å². The van der Waals surface area contributed by atoms with Crippen LogP contribution >= 0.6 is 15.9 Å². The smallest absolute Gasteiger partial charge is 0.0822 e. The molecule has 16 heavy (non-hydrogen) atoms. The van der Waals surface area contributed by atoms with E-state index in [2.05, 4.69) is 48.0 Å². The summed E-state index contributed by atoms with van der Waals surface area (Å²) >= 11 is 3.48. The van der Waals surface area contributed by atoms with E-state index in [9.17, 15) is 5.26 Å². The number of hydrogen-bond donors (Lipinski definition) is 0. The van der Waals surface area contributed by atoms with E-state index in [1.165, 1.54) is 0 Å². The molecule has 0 aliphatic carbocycles. The zero-order valence-electron chi connectivity index (χ0n) is 9.96. The SMILES string of the molecule is CCCC(C#N)(CCC)c1cccc(Br)c1. The first-order valence-electron chi connectivity index (χ1n) is 5.86. The monoisotopic (exact) mass is 279 g/mol. The molecule has 0 spiro atoms. The molecule has 1 nitrogen and oxygen atoms in total. The summed E-state index contributed by atoms with van der Waals surface area (Å²) in [5.74, 6) is 0. The maximum atomic E-state index is 9.52. The lowest BCUT2D eigenvalue weighted by atomic mass is 9.75. The fourth-order valence-electron chi connectivity index (χ4n) is 2.23. The first-order valence-corrected chi connectivity index (χ1v) is 6.65. The summed E-state index contributed by atoms with van der Waals surface area (Å²) < 4.78 is 1.05. The Kier molecular flexibility index (Phi) is 5.02. The Balaban J connectivity index is 3.14. The highest BCUT2D eigenvalue weighted by Crippen LogP contribution is 2.34. The summed E-state index contributed by atoms with van der Waals surface area (Å²) in [4.78, 5) is 0. The molecule has 0 fully saturated rings. The van der Waals surface area contributed by atoms with Gasteiger partial charge in [-0.1, -0.05) is 54.8 Å². The van der Waals surface area contributed by atoms with Crippen LogP contribution in [0.5, 0.6) is 0 Å². The first-order chi connectivity index (χ1) is 7.68. The highest BCUT2D eigenvalue weighted by molar-refractivity contribution is 9.10. The maximum absolute atomic E-state index is 9.52. The molecule has 0 heterocycles. The standard InChI is InChI=1S/C14H18BrN/c1-3-8-14(11-16,9-4-2)12-6-5-7-13(15)10-12/h5-7,10H,3-4,8-9H2,1-2H3. The molecule has 0 aromatic heterocycles. The van der Waals surface area contributed by atoms with Gasteiger partial charge in [-0.2, -0.15) is 5.26 Å². The average molecular weight is 280 g/mol. The predicted octanol–water partition coefficient (Wildman–Crippen LogP) is 4.81. The lowest BCUT2D eigenvalue weighted by Crippen LogP contribution is -2.23. The Morgan fingerprint density at radius 2 is 1.88 bits per heavy atom. The fraction of sp³-hybridized carbons (Fsp3) is 0.500. The quantitative estimate of drug-likeness (QED) is 0.759. The molecule has 0 radical (unpaired) electrons.